The molecule has 3 heteroatoms. The number of thiophene rings is 2. The maximum Gasteiger partial charge on any atom is 0.179 e. The van der Waals surface area contributed by atoms with Gasteiger partial charge in [-0.25, -0.2) is 0 Å². The Labute approximate surface area is 409 Å². The third-order valence-corrected chi connectivity index (χ3v) is 21.9. The Hall–Kier alpha value is -7.92. The molecule has 0 saturated heterocycles. The molecule has 0 N–H and O–H groups in total. The molecule has 0 bridgehead atoms. The van der Waals surface area contributed by atoms with Crippen LogP contribution >= 0.6 is 22.7 Å². The van der Waals surface area contributed by atoms with Crippen molar-refractivity contribution in [3.05, 3.63) is 255 Å². The van der Waals surface area contributed by atoms with Crippen LogP contribution in [0.5, 0.6) is 0 Å². The minimum Gasteiger partial charge on any atom is -0.135 e. The molecule has 14 rings (SSSR count). The second kappa shape index (κ2) is 16.1. The van der Waals surface area contributed by atoms with Gasteiger partial charge in [0.1, 0.15) is 0 Å². The molecule has 14 aromatic rings. The zero-order valence-electron chi connectivity index (χ0n) is 37.6. The van der Waals surface area contributed by atoms with Crippen LogP contribution < -0.4 is 20.7 Å². The Kier molecular flexibility index (Phi) is 9.38. The van der Waals surface area contributed by atoms with E-state index in [1.165, 1.54) is 127 Å². The molecule has 0 spiro atoms. The molecular weight excluding hydrogens is 885 g/mol. The average Bonchev–Trinajstić information content (AvgIpc) is 4.01. The number of hydrogen-bond acceptors (Lipinski definition) is 2. The Bertz CT molecular complexity index is 4080. The van der Waals surface area contributed by atoms with Gasteiger partial charge in [0.25, 0.3) is 0 Å². The number of hydrogen-bond donors (Lipinski definition) is 0. The number of rotatable bonds is 7. The molecule has 0 amide bonds. The fraction of sp³-hybridized carbons (Fsp3) is 0. The summed E-state index contributed by atoms with van der Waals surface area (Å²) in [6, 6.07) is 96.2. The topological polar surface area (TPSA) is 0 Å². The lowest BCUT2D eigenvalue weighted by Crippen LogP contribution is -2.74. The molecule has 0 saturated carbocycles. The van der Waals surface area contributed by atoms with Crippen molar-refractivity contribution >= 4 is 124 Å². The van der Waals surface area contributed by atoms with Gasteiger partial charge < -0.3 is 0 Å². The highest BCUT2D eigenvalue weighted by atomic mass is 32.1. The summed E-state index contributed by atoms with van der Waals surface area (Å²) in [5, 5.41) is 18.5. The van der Waals surface area contributed by atoms with Gasteiger partial charge in [-0.15, -0.1) is 22.7 Å². The van der Waals surface area contributed by atoms with Crippen LogP contribution in [0.4, 0.5) is 0 Å². The van der Waals surface area contributed by atoms with Gasteiger partial charge in [-0.1, -0.05) is 237 Å². The van der Waals surface area contributed by atoms with Crippen LogP contribution in [0.2, 0.25) is 0 Å². The van der Waals surface area contributed by atoms with Gasteiger partial charge >= 0.3 is 0 Å². The standard InChI is InChI=1S/C66H42S2Si/c1-2-14-47(15-3-1)69(49-37-30-44(31-38-49)51-22-12-24-60-58-20-8-10-26-63(58)67-65(51)60,50-39-32-45(33-40-50)52-23-13-25-61-59-21-9-11-27-64(59)68-66(52)61)48-35-28-43(29-36-48)46-34-41-57-55-18-5-4-16-53(55)54-17-6-7-19-56(54)62(57)42-46/h1-42H. The molecule has 0 radical (unpaired) electrons. The van der Waals surface area contributed by atoms with Crippen molar-refractivity contribution in [2.45, 2.75) is 0 Å². The molecule has 0 unspecified atom stereocenters. The molecule has 69 heavy (non-hydrogen) atoms. The van der Waals surface area contributed by atoms with E-state index in [4.69, 9.17) is 0 Å². The summed E-state index contributed by atoms with van der Waals surface area (Å²) < 4.78 is 5.33. The largest absolute Gasteiger partial charge is 0.179 e. The zero-order valence-corrected chi connectivity index (χ0v) is 40.2. The van der Waals surface area contributed by atoms with E-state index in [0.717, 1.165) is 0 Å². The van der Waals surface area contributed by atoms with Crippen molar-refractivity contribution in [2.75, 3.05) is 0 Å². The van der Waals surface area contributed by atoms with Crippen LogP contribution in [-0.4, -0.2) is 8.07 Å². The van der Waals surface area contributed by atoms with E-state index >= 15 is 0 Å². The van der Waals surface area contributed by atoms with E-state index in [-0.39, 0.29) is 0 Å². The maximum atomic E-state index is 2.44. The monoisotopic (exact) mass is 926 g/mol. The van der Waals surface area contributed by atoms with Crippen LogP contribution in [0.15, 0.2) is 255 Å². The second-order valence-corrected chi connectivity index (χ2v) is 24.2. The first kappa shape index (κ1) is 40.2. The normalized spacial score (nSPS) is 12.1. The average molecular weight is 927 g/mol. The van der Waals surface area contributed by atoms with Gasteiger partial charge in [0.05, 0.1) is 0 Å². The summed E-state index contributed by atoms with van der Waals surface area (Å²) in [6.07, 6.45) is 0. The molecule has 0 atom stereocenters. The highest BCUT2D eigenvalue weighted by Crippen LogP contribution is 2.42. The summed E-state index contributed by atoms with van der Waals surface area (Å²) in [6.45, 7) is 0. The third-order valence-electron chi connectivity index (χ3n) is 14.7. The van der Waals surface area contributed by atoms with E-state index in [2.05, 4.69) is 255 Å². The minimum atomic E-state index is -2.94. The third kappa shape index (κ3) is 6.32. The number of benzene rings is 12. The first-order valence-corrected chi connectivity index (χ1v) is 27.4. The van der Waals surface area contributed by atoms with Crippen LogP contribution in [0.3, 0.4) is 0 Å². The van der Waals surface area contributed by atoms with Crippen molar-refractivity contribution in [2.24, 2.45) is 0 Å². The second-order valence-electron chi connectivity index (χ2n) is 18.3. The summed E-state index contributed by atoms with van der Waals surface area (Å²) in [5.41, 5.74) is 7.49. The molecule has 0 fully saturated rings. The molecule has 2 heterocycles. The van der Waals surface area contributed by atoms with Gasteiger partial charge in [-0.05, 0) is 105 Å². The molecular formula is C66H42S2Si. The molecule has 0 aliphatic carbocycles. The fourth-order valence-electron chi connectivity index (χ4n) is 11.4. The van der Waals surface area contributed by atoms with Gasteiger partial charge in [0.15, 0.2) is 8.07 Å². The van der Waals surface area contributed by atoms with Crippen molar-refractivity contribution in [1.29, 1.82) is 0 Å². The minimum absolute atomic E-state index is 1.22. The molecule has 0 aliphatic rings. The van der Waals surface area contributed by atoms with Crippen LogP contribution in [-0.2, 0) is 0 Å². The predicted molar refractivity (Wildman–Crippen MR) is 305 cm³/mol. The Morgan fingerprint density at radius 1 is 0.217 bits per heavy atom. The molecule has 322 valence electrons. The van der Waals surface area contributed by atoms with E-state index in [0.29, 0.717) is 0 Å². The first-order valence-electron chi connectivity index (χ1n) is 23.7. The lowest BCUT2D eigenvalue weighted by atomic mass is 9.92. The Morgan fingerprint density at radius 2 is 0.565 bits per heavy atom. The lowest BCUT2D eigenvalue weighted by Gasteiger charge is -2.35. The highest BCUT2D eigenvalue weighted by molar-refractivity contribution is 7.26. The van der Waals surface area contributed by atoms with E-state index in [1.54, 1.807) is 0 Å². The summed E-state index contributed by atoms with van der Waals surface area (Å²) >= 11 is 3.79. The fourth-order valence-corrected chi connectivity index (χ4v) is 18.6. The molecule has 0 nitrogen and oxygen atoms in total. The molecule has 12 aromatic carbocycles. The highest BCUT2D eigenvalue weighted by Gasteiger charge is 2.41. The first-order chi connectivity index (χ1) is 34.2. The van der Waals surface area contributed by atoms with Gasteiger partial charge in [0.2, 0.25) is 0 Å². The number of fused-ring (bicyclic) bond motifs is 12. The SMILES string of the molecule is c1ccc([Si](c2ccc(-c3ccc4c5ccccc5c5ccccc5c4c3)cc2)(c2ccc(-c3cccc4c3sc3ccccc34)cc2)c2ccc(-c3cccc4c3sc3ccccc34)cc2)cc1. The van der Waals surface area contributed by atoms with Crippen molar-refractivity contribution in [3.63, 3.8) is 0 Å². The smallest absolute Gasteiger partial charge is 0.135 e. The van der Waals surface area contributed by atoms with Crippen molar-refractivity contribution in [3.8, 4) is 33.4 Å². The van der Waals surface area contributed by atoms with Crippen LogP contribution in [0.1, 0.15) is 0 Å². The summed E-state index contributed by atoms with van der Waals surface area (Å²) in [7, 11) is -2.94. The predicted octanol–water partition coefficient (Wildman–Crippen LogP) is 16.3. The van der Waals surface area contributed by atoms with Crippen LogP contribution in [0.25, 0.3) is 106 Å². The zero-order chi connectivity index (χ0) is 45.5. The van der Waals surface area contributed by atoms with Crippen LogP contribution in [0, 0.1) is 0 Å². The lowest BCUT2D eigenvalue weighted by molar-refractivity contribution is 1.63. The van der Waals surface area contributed by atoms with E-state index in [9.17, 15) is 0 Å². The quantitative estimate of drug-likeness (QED) is 0.0849. The van der Waals surface area contributed by atoms with Crippen molar-refractivity contribution < 1.29 is 0 Å². The van der Waals surface area contributed by atoms with E-state index in [1.807, 2.05) is 22.7 Å². The molecule has 0 aliphatic heterocycles. The Morgan fingerprint density at radius 3 is 1.04 bits per heavy atom. The van der Waals surface area contributed by atoms with Gasteiger partial charge in [0, 0.05) is 40.3 Å². The Balaban J connectivity index is 0.949. The van der Waals surface area contributed by atoms with Crippen molar-refractivity contribution in [1.82, 2.24) is 0 Å². The van der Waals surface area contributed by atoms with Gasteiger partial charge in [-0.2, -0.15) is 0 Å². The summed E-state index contributed by atoms with van der Waals surface area (Å²) in [5.74, 6) is 0. The maximum absolute atomic E-state index is 2.94. The molecule has 2 aromatic heterocycles. The summed E-state index contributed by atoms with van der Waals surface area (Å²) in [4.78, 5) is 0. The van der Waals surface area contributed by atoms with Gasteiger partial charge in [-0.3, -0.25) is 0 Å². The van der Waals surface area contributed by atoms with E-state index < -0.39 is 8.07 Å².